The topological polar surface area (TPSA) is 0 Å². The van der Waals surface area contributed by atoms with E-state index in [2.05, 4.69) is 27.7 Å². The molecule has 0 aromatic carbocycles. The maximum Gasteiger partial charge on any atom is -0.0533 e. The van der Waals surface area contributed by atoms with Gasteiger partial charge in [0.1, 0.15) is 0 Å². The molecule has 0 aliphatic carbocycles. The van der Waals surface area contributed by atoms with Crippen molar-refractivity contribution in [3.8, 4) is 0 Å². The quantitative estimate of drug-likeness (QED) is 0.120. The van der Waals surface area contributed by atoms with Gasteiger partial charge in [0.2, 0.25) is 0 Å². The van der Waals surface area contributed by atoms with Crippen LogP contribution in [0.2, 0.25) is 8.87 Å². The van der Waals surface area contributed by atoms with Crippen molar-refractivity contribution < 1.29 is 0 Å². The summed E-state index contributed by atoms with van der Waals surface area (Å²) in [6, 6.07) is 0. The van der Waals surface area contributed by atoms with Gasteiger partial charge in [0.15, 0.2) is 0 Å². The van der Waals surface area contributed by atoms with Crippen LogP contribution in [0, 0.1) is 6.92 Å². The van der Waals surface area contributed by atoms with E-state index in [1.54, 1.807) is 0 Å². The first-order valence-corrected chi connectivity index (χ1v) is 16.6. The molecular formula is C24H53Sn2. The molecule has 0 aromatic heterocycles. The maximum absolute atomic E-state index is 3.78. The second-order valence-corrected chi connectivity index (χ2v) is 10.7. The summed E-state index contributed by atoms with van der Waals surface area (Å²) in [5, 5.41) is 0. The van der Waals surface area contributed by atoms with Crippen molar-refractivity contribution in [3.05, 3.63) is 6.92 Å². The van der Waals surface area contributed by atoms with E-state index in [0.717, 1.165) is 6.42 Å². The minimum atomic E-state index is 1.11. The number of rotatable bonds is 17. The number of hydrogen-bond donors (Lipinski definition) is 0. The Labute approximate surface area is 196 Å². The first-order valence-electron chi connectivity index (χ1n) is 11.9. The minimum absolute atomic E-state index is 1.11. The molecule has 0 fully saturated rings. The third kappa shape index (κ3) is 44.8. The molecule has 0 rings (SSSR count). The largest absolute Gasteiger partial charge is 0.0654 e. The summed E-state index contributed by atoms with van der Waals surface area (Å²) in [4.78, 5) is 0. The van der Waals surface area contributed by atoms with Crippen molar-refractivity contribution in [2.75, 3.05) is 0 Å². The monoisotopic (exact) mass is 581 g/mol. The SMILES string of the molecule is CCCCCCC[CH2][SnH].CCCCCCC[CH2][SnH].[CH2]CCCCCCC. The zero-order valence-corrected chi connectivity index (χ0v) is 25.6. The number of unbranched alkanes of at least 4 members (excludes halogenated alkanes) is 15. The zero-order valence-electron chi connectivity index (χ0n) is 19.0. The molecule has 0 unspecified atom stereocenters. The number of hydrogen-bond acceptors (Lipinski definition) is 0. The van der Waals surface area contributed by atoms with E-state index in [9.17, 15) is 0 Å². The Bertz CT molecular complexity index is 151. The first-order chi connectivity index (χ1) is 12.7. The van der Waals surface area contributed by atoms with Crippen LogP contribution in [-0.4, -0.2) is 45.0 Å². The first kappa shape index (κ1) is 32.3. The van der Waals surface area contributed by atoms with Gasteiger partial charge in [0, 0.05) is 0 Å². The van der Waals surface area contributed by atoms with Crippen LogP contribution in [-0.2, 0) is 0 Å². The second-order valence-electron chi connectivity index (χ2n) is 7.38. The van der Waals surface area contributed by atoms with Gasteiger partial charge >= 0.3 is 145 Å². The molecule has 157 valence electrons. The van der Waals surface area contributed by atoms with Crippen molar-refractivity contribution >= 4 is 45.0 Å². The van der Waals surface area contributed by atoms with Crippen LogP contribution in [0.15, 0.2) is 0 Å². The molecule has 0 nitrogen and oxygen atoms in total. The van der Waals surface area contributed by atoms with Crippen molar-refractivity contribution in [2.45, 2.75) is 145 Å². The summed E-state index contributed by atoms with van der Waals surface area (Å²) in [7, 11) is 0. The van der Waals surface area contributed by atoms with Crippen molar-refractivity contribution in [1.29, 1.82) is 0 Å². The van der Waals surface area contributed by atoms with Gasteiger partial charge in [-0.1, -0.05) is 52.4 Å². The fourth-order valence-corrected chi connectivity index (χ4v) is 4.28. The molecule has 0 saturated carbocycles. The van der Waals surface area contributed by atoms with E-state index in [-0.39, 0.29) is 0 Å². The third-order valence-electron chi connectivity index (χ3n) is 4.47. The Morgan fingerprint density at radius 2 is 0.692 bits per heavy atom. The smallest absolute Gasteiger partial charge is 0.0533 e. The normalized spacial score (nSPS) is 9.92. The maximum atomic E-state index is 3.78. The Morgan fingerprint density at radius 3 is 0.962 bits per heavy atom. The summed E-state index contributed by atoms with van der Waals surface area (Å²) in [6.07, 6.45) is 25.5. The van der Waals surface area contributed by atoms with E-state index >= 15 is 0 Å². The van der Waals surface area contributed by atoms with Crippen LogP contribution < -0.4 is 0 Å². The molecule has 0 aliphatic rings. The van der Waals surface area contributed by atoms with Crippen LogP contribution in [0.4, 0.5) is 0 Å². The predicted octanol–water partition coefficient (Wildman–Crippen LogP) is 8.51. The van der Waals surface area contributed by atoms with Gasteiger partial charge in [-0.05, 0) is 0 Å². The average Bonchev–Trinajstić information content (AvgIpc) is 2.66. The van der Waals surface area contributed by atoms with Gasteiger partial charge in [-0.15, -0.1) is 0 Å². The molecule has 0 atom stereocenters. The second kappa shape index (κ2) is 37.4. The summed E-state index contributed by atoms with van der Waals surface area (Å²) < 4.78 is 2.99. The van der Waals surface area contributed by atoms with Crippen molar-refractivity contribution in [1.82, 2.24) is 0 Å². The fourth-order valence-electron chi connectivity index (χ4n) is 2.63. The van der Waals surface area contributed by atoms with Crippen molar-refractivity contribution in [2.24, 2.45) is 0 Å². The summed E-state index contributed by atoms with van der Waals surface area (Å²) in [6.45, 7) is 10.6. The molecule has 0 saturated heterocycles. The Kier molecular flexibility index (Phi) is 46.4. The molecule has 0 N–H and O–H groups in total. The van der Waals surface area contributed by atoms with Gasteiger partial charge in [0.25, 0.3) is 0 Å². The average molecular weight is 579 g/mol. The Hall–Kier alpha value is 1.60. The van der Waals surface area contributed by atoms with Gasteiger partial charge in [-0.3, -0.25) is 0 Å². The van der Waals surface area contributed by atoms with Gasteiger partial charge < -0.3 is 0 Å². The van der Waals surface area contributed by atoms with E-state index in [0.29, 0.717) is 0 Å². The van der Waals surface area contributed by atoms with Crippen LogP contribution in [0.5, 0.6) is 0 Å². The Balaban J connectivity index is -0.000000306. The van der Waals surface area contributed by atoms with Crippen LogP contribution in [0.25, 0.3) is 0 Å². The van der Waals surface area contributed by atoms with E-state index in [1.807, 2.05) is 0 Å². The van der Waals surface area contributed by atoms with Gasteiger partial charge in [-0.25, -0.2) is 0 Å². The minimum Gasteiger partial charge on any atom is -0.0654 e. The van der Waals surface area contributed by atoms with E-state index in [4.69, 9.17) is 0 Å². The molecule has 0 amide bonds. The molecule has 26 heavy (non-hydrogen) atoms. The summed E-state index contributed by atoms with van der Waals surface area (Å²) in [5.74, 6) is 0. The van der Waals surface area contributed by atoms with Crippen molar-refractivity contribution in [3.63, 3.8) is 0 Å². The van der Waals surface area contributed by atoms with Gasteiger partial charge in [0.05, 0.1) is 0 Å². The molecule has 2 heteroatoms. The molecule has 0 aromatic rings. The third-order valence-corrected chi connectivity index (χ3v) is 6.80. The van der Waals surface area contributed by atoms with Crippen LogP contribution in [0.3, 0.4) is 0 Å². The molecule has 5 radical (unpaired) electrons. The Morgan fingerprint density at radius 1 is 0.423 bits per heavy atom. The summed E-state index contributed by atoms with van der Waals surface area (Å²) in [5.41, 5.74) is 0. The summed E-state index contributed by atoms with van der Waals surface area (Å²) >= 11 is 2.93. The van der Waals surface area contributed by atoms with Crippen LogP contribution in [0.1, 0.15) is 136 Å². The predicted molar refractivity (Wildman–Crippen MR) is 129 cm³/mol. The molecule has 0 spiro atoms. The van der Waals surface area contributed by atoms with E-state index < -0.39 is 0 Å². The fraction of sp³-hybridized carbons (Fsp3) is 0.958. The molecule has 0 aliphatic heterocycles. The van der Waals surface area contributed by atoms with Gasteiger partial charge in [-0.2, -0.15) is 0 Å². The van der Waals surface area contributed by atoms with E-state index in [1.165, 1.54) is 163 Å². The zero-order chi connectivity index (χ0) is 20.1. The molecular weight excluding hydrogens is 526 g/mol. The standard InChI is InChI=1S/3C8H17.2Sn.2H/c3*1-3-5-7-8-6-4-2;;;;/h3*1,3-8H2,2H3;;;;. The molecule has 0 bridgehead atoms. The van der Waals surface area contributed by atoms with Crippen LogP contribution >= 0.6 is 0 Å². The molecule has 0 heterocycles.